The molecule has 0 aliphatic rings. The molecule has 0 radical (unpaired) electrons. The summed E-state index contributed by atoms with van der Waals surface area (Å²) in [5.41, 5.74) is -1.77. The zero-order valence-corrected chi connectivity index (χ0v) is 11.6. The summed E-state index contributed by atoms with van der Waals surface area (Å²) in [6, 6.07) is 4.10. The Morgan fingerprint density at radius 1 is 1.25 bits per heavy atom. The summed E-state index contributed by atoms with van der Waals surface area (Å²) in [4.78, 5) is 9.79. The third kappa shape index (κ3) is 2.56. The van der Waals surface area contributed by atoms with Crippen molar-refractivity contribution < 1.29 is 13.7 Å². The van der Waals surface area contributed by atoms with E-state index in [0.717, 1.165) is 4.68 Å². The van der Waals surface area contributed by atoms with E-state index in [4.69, 9.17) is 34.8 Å². The van der Waals surface area contributed by atoms with Crippen LogP contribution in [-0.2, 0) is 0 Å². The van der Waals surface area contributed by atoms with Gasteiger partial charge in [-0.3, -0.25) is 10.1 Å². The van der Waals surface area contributed by atoms with Gasteiger partial charge in [0, 0.05) is 0 Å². The molecule has 1 heterocycles. The number of nitrogens with zero attached hydrogens (tertiary/aromatic N) is 3. The first-order chi connectivity index (χ1) is 9.32. The number of alkyl halides is 2. The van der Waals surface area contributed by atoms with Gasteiger partial charge in [0.1, 0.15) is 0 Å². The van der Waals surface area contributed by atoms with Crippen LogP contribution in [-0.4, -0.2) is 14.7 Å². The Balaban J connectivity index is 2.66. The van der Waals surface area contributed by atoms with E-state index in [1.165, 1.54) is 18.2 Å². The van der Waals surface area contributed by atoms with Crippen molar-refractivity contribution >= 4 is 40.5 Å². The van der Waals surface area contributed by atoms with Gasteiger partial charge in [-0.2, -0.15) is 5.10 Å². The van der Waals surface area contributed by atoms with E-state index in [1.54, 1.807) is 0 Å². The molecule has 0 saturated heterocycles. The normalized spacial score (nSPS) is 11.1. The van der Waals surface area contributed by atoms with Gasteiger partial charge in [0.25, 0.3) is 6.43 Å². The maximum atomic E-state index is 12.8. The van der Waals surface area contributed by atoms with E-state index >= 15 is 0 Å². The smallest absolute Gasteiger partial charge is 0.258 e. The fraction of sp³-hybridized carbons (Fsp3) is 0.100. The van der Waals surface area contributed by atoms with Crippen LogP contribution in [0.5, 0.6) is 0 Å². The van der Waals surface area contributed by atoms with Crippen LogP contribution in [0.3, 0.4) is 0 Å². The molecule has 20 heavy (non-hydrogen) atoms. The molecule has 0 unspecified atom stereocenters. The summed E-state index contributed by atoms with van der Waals surface area (Å²) >= 11 is 17.3. The largest absolute Gasteiger partial charge is 0.335 e. The number of nitro groups is 1. The minimum Gasteiger partial charge on any atom is -0.258 e. The molecule has 0 atom stereocenters. The Hall–Kier alpha value is -1.44. The molecular formula is C10H4Cl3F2N3O2. The van der Waals surface area contributed by atoms with Gasteiger partial charge in [-0.05, 0) is 18.2 Å². The lowest BCUT2D eigenvalue weighted by molar-refractivity contribution is -0.386. The molecule has 106 valence electrons. The third-order valence-electron chi connectivity index (χ3n) is 2.37. The average molecular weight is 343 g/mol. The van der Waals surface area contributed by atoms with Crippen LogP contribution in [0.2, 0.25) is 15.2 Å². The van der Waals surface area contributed by atoms with E-state index in [1.807, 2.05) is 0 Å². The molecule has 0 aliphatic carbocycles. The molecule has 0 fully saturated rings. The van der Waals surface area contributed by atoms with Gasteiger partial charge in [0.05, 0.1) is 20.7 Å². The van der Waals surface area contributed by atoms with E-state index < -0.39 is 27.9 Å². The molecule has 0 spiro atoms. The predicted octanol–water partition coefficient (Wildman–Crippen LogP) is 4.68. The van der Waals surface area contributed by atoms with Crippen LogP contribution >= 0.6 is 34.8 Å². The van der Waals surface area contributed by atoms with Crippen molar-refractivity contribution in [2.45, 2.75) is 6.43 Å². The number of hydrogen-bond donors (Lipinski definition) is 0. The van der Waals surface area contributed by atoms with Gasteiger partial charge in [-0.1, -0.05) is 34.8 Å². The van der Waals surface area contributed by atoms with Crippen LogP contribution < -0.4 is 0 Å². The molecule has 0 bridgehead atoms. The quantitative estimate of drug-likeness (QED) is 0.601. The van der Waals surface area contributed by atoms with Crippen molar-refractivity contribution in [3.05, 3.63) is 49.2 Å². The van der Waals surface area contributed by atoms with Gasteiger partial charge < -0.3 is 0 Å². The van der Waals surface area contributed by atoms with Crippen molar-refractivity contribution in [2.75, 3.05) is 0 Å². The summed E-state index contributed by atoms with van der Waals surface area (Å²) in [6.07, 6.45) is -3.13. The Morgan fingerprint density at radius 3 is 2.35 bits per heavy atom. The molecule has 0 amide bonds. The Morgan fingerprint density at radius 2 is 1.90 bits per heavy atom. The Kier molecular flexibility index (Phi) is 4.12. The Bertz CT molecular complexity index is 691. The first-order valence-electron chi connectivity index (χ1n) is 4.99. The molecule has 1 aromatic carbocycles. The summed E-state index contributed by atoms with van der Waals surface area (Å²) < 4.78 is 26.3. The minimum atomic E-state index is -3.13. The lowest BCUT2D eigenvalue weighted by atomic mass is 10.3. The predicted molar refractivity (Wildman–Crippen MR) is 70.2 cm³/mol. The van der Waals surface area contributed by atoms with Crippen LogP contribution in [0.4, 0.5) is 14.5 Å². The monoisotopic (exact) mass is 341 g/mol. The number of hydrogen-bond acceptors (Lipinski definition) is 3. The maximum absolute atomic E-state index is 12.8. The van der Waals surface area contributed by atoms with Gasteiger partial charge in [0.15, 0.2) is 0 Å². The van der Waals surface area contributed by atoms with Crippen molar-refractivity contribution in [3.63, 3.8) is 0 Å². The highest BCUT2D eigenvalue weighted by Gasteiger charge is 2.32. The van der Waals surface area contributed by atoms with Crippen molar-refractivity contribution in [3.8, 4) is 5.69 Å². The second-order valence-corrected chi connectivity index (χ2v) is 4.77. The van der Waals surface area contributed by atoms with E-state index in [-0.39, 0.29) is 15.7 Å². The lowest BCUT2D eigenvalue weighted by Crippen LogP contribution is -1.97. The summed E-state index contributed by atoms with van der Waals surface area (Å²) in [5, 5.41) is 14.1. The summed E-state index contributed by atoms with van der Waals surface area (Å²) in [7, 11) is 0. The number of aromatic nitrogens is 2. The average Bonchev–Trinajstić information content (AvgIpc) is 2.71. The second-order valence-electron chi connectivity index (χ2n) is 3.59. The van der Waals surface area contributed by atoms with Crippen LogP contribution in [0.15, 0.2) is 18.2 Å². The highest BCUT2D eigenvalue weighted by molar-refractivity contribution is 6.42. The Labute approximate surface area is 125 Å². The zero-order chi connectivity index (χ0) is 15.0. The van der Waals surface area contributed by atoms with Crippen LogP contribution in [0, 0.1) is 10.1 Å². The SMILES string of the molecule is O=[N+]([O-])c1c(C(F)F)nn(-c2ccc(Cl)c(Cl)c2)c1Cl. The standard InChI is InChI=1S/C10H4Cl3F2N3O2/c11-5-2-1-4(3-6(5)12)17-9(13)8(18(19)20)7(16-17)10(14)15/h1-3,10H. The number of benzene rings is 1. The van der Waals surface area contributed by atoms with Gasteiger partial charge >= 0.3 is 5.69 Å². The molecule has 5 nitrogen and oxygen atoms in total. The molecule has 1 aromatic heterocycles. The van der Waals surface area contributed by atoms with E-state index in [9.17, 15) is 18.9 Å². The van der Waals surface area contributed by atoms with Gasteiger partial charge in [-0.15, -0.1) is 0 Å². The van der Waals surface area contributed by atoms with Gasteiger partial charge in [-0.25, -0.2) is 13.5 Å². The molecule has 0 N–H and O–H groups in total. The third-order valence-corrected chi connectivity index (χ3v) is 3.45. The van der Waals surface area contributed by atoms with E-state index in [2.05, 4.69) is 5.10 Å². The summed E-state index contributed by atoms with van der Waals surface area (Å²) in [5.74, 6) is 0. The molecule has 0 aliphatic heterocycles. The first-order valence-corrected chi connectivity index (χ1v) is 6.12. The van der Waals surface area contributed by atoms with Crippen molar-refractivity contribution in [1.82, 2.24) is 9.78 Å². The molecule has 10 heteroatoms. The zero-order valence-electron chi connectivity index (χ0n) is 9.36. The topological polar surface area (TPSA) is 61.0 Å². The van der Waals surface area contributed by atoms with Crippen LogP contribution in [0.25, 0.3) is 5.69 Å². The molecule has 0 saturated carbocycles. The van der Waals surface area contributed by atoms with Gasteiger partial charge in [0.2, 0.25) is 10.8 Å². The molecular weight excluding hydrogens is 338 g/mol. The van der Waals surface area contributed by atoms with E-state index in [0.29, 0.717) is 0 Å². The molecule has 2 aromatic rings. The molecule has 2 rings (SSSR count). The summed E-state index contributed by atoms with van der Waals surface area (Å²) in [6.45, 7) is 0. The van der Waals surface area contributed by atoms with Crippen molar-refractivity contribution in [2.24, 2.45) is 0 Å². The first kappa shape index (κ1) is 15.0. The fourth-order valence-corrected chi connectivity index (χ4v) is 2.10. The fourth-order valence-electron chi connectivity index (χ4n) is 1.51. The van der Waals surface area contributed by atoms with Crippen LogP contribution in [0.1, 0.15) is 12.1 Å². The maximum Gasteiger partial charge on any atom is 0.335 e. The number of rotatable bonds is 3. The second kappa shape index (κ2) is 5.51. The minimum absolute atomic E-state index is 0.136. The highest BCUT2D eigenvalue weighted by Crippen LogP contribution is 2.36. The van der Waals surface area contributed by atoms with Crippen molar-refractivity contribution in [1.29, 1.82) is 0 Å². The highest BCUT2D eigenvalue weighted by atomic mass is 35.5. The number of halogens is 5. The lowest BCUT2D eigenvalue weighted by Gasteiger charge is -2.03.